The van der Waals surface area contributed by atoms with Crippen LogP contribution in [0.4, 0.5) is 5.69 Å². The second kappa shape index (κ2) is 7.95. The molecule has 0 aromatic heterocycles. The van der Waals surface area contributed by atoms with Crippen LogP contribution in [0, 0.1) is 0 Å². The third kappa shape index (κ3) is 4.57. The molecule has 126 valence electrons. The van der Waals surface area contributed by atoms with Crippen LogP contribution in [0.3, 0.4) is 0 Å². The lowest BCUT2D eigenvalue weighted by Gasteiger charge is -2.33. The van der Waals surface area contributed by atoms with Crippen molar-refractivity contribution in [1.82, 2.24) is 10.2 Å². The van der Waals surface area contributed by atoms with Gasteiger partial charge in [0, 0.05) is 31.4 Å². The fourth-order valence-electron chi connectivity index (χ4n) is 2.73. The maximum atomic E-state index is 12.2. The van der Waals surface area contributed by atoms with E-state index in [1.807, 2.05) is 54.6 Å². The van der Waals surface area contributed by atoms with Gasteiger partial charge in [0.25, 0.3) is 0 Å². The molecule has 1 aliphatic heterocycles. The highest BCUT2D eigenvalue weighted by atomic mass is 16.5. The third-order valence-electron chi connectivity index (χ3n) is 4.10. The number of hydrogen-bond donors (Lipinski definition) is 2. The van der Waals surface area contributed by atoms with Crippen molar-refractivity contribution >= 4 is 11.6 Å². The Morgan fingerprint density at radius 1 is 1.17 bits per heavy atom. The third-order valence-corrected chi connectivity index (χ3v) is 4.10. The van der Waals surface area contributed by atoms with Gasteiger partial charge in [-0.1, -0.05) is 18.2 Å². The van der Waals surface area contributed by atoms with Crippen LogP contribution < -0.4 is 15.4 Å². The molecule has 1 fully saturated rings. The maximum absolute atomic E-state index is 12.2. The number of ether oxygens (including phenoxy) is 1. The van der Waals surface area contributed by atoms with Crippen LogP contribution in [0.15, 0.2) is 54.6 Å². The molecule has 5 nitrogen and oxygen atoms in total. The van der Waals surface area contributed by atoms with Gasteiger partial charge >= 0.3 is 0 Å². The number of rotatable bonds is 5. The Kier molecular flexibility index (Phi) is 5.46. The molecule has 0 unspecified atom stereocenters. The van der Waals surface area contributed by atoms with Crippen molar-refractivity contribution in [3.8, 4) is 11.5 Å². The molecule has 1 amide bonds. The highest BCUT2D eigenvalue weighted by Gasteiger charge is 2.20. The monoisotopic (exact) mass is 325 g/mol. The summed E-state index contributed by atoms with van der Waals surface area (Å²) in [6.45, 7) is 5.32. The molecule has 0 saturated carbocycles. The molecule has 1 atom stereocenters. The van der Waals surface area contributed by atoms with Gasteiger partial charge in [-0.15, -0.1) is 0 Å². The Morgan fingerprint density at radius 3 is 2.58 bits per heavy atom. The molecular weight excluding hydrogens is 302 g/mol. The topological polar surface area (TPSA) is 53.6 Å². The van der Waals surface area contributed by atoms with Gasteiger partial charge in [0.15, 0.2) is 0 Å². The largest absolute Gasteiger partial charge is 0.457 e. The molecule has 0 bridgehead atoms. The van der Waals surface area contributed by atoms with E-state index < -0.39 is 0 Å². The number of para-hydroxylation sites is 1. The number of anilines is 1. The Balaban J connectivity index is 1.53. The van der Waals surface area contributed by atoms with Gasteiger partial charge in [-0.3, -0.25) is 9.69 Å². The zero-order chi connectivity index (χ0) is 16.8. The number of nitrogens with zero attached hydrogens (tertiary/aromatic N) is 1. The Hall–Kier alpha value is -2.37. The highest BCUT2D eigenvalue weighted by Crippen LogP contribution is 2.22. The lowest BCUT2D eigenvalue weighted by Crippen LogP contribution is -2.51. The molecule has 1 heterocycles. The van der Waals surface area contributed by atoms with E-state index in [2.05, 4.69) is 22.5 Å². The number of nitrogens with one attached hydrogen (secondary N) is 2. The molecule has 2 N–H and O–H groups in total. The first-order valence-electron chi connectivity index (χ1n) is 8.28. The second-order valence-corrected chi connectivity index (χ2v) is 6.01. The summed E-state index contributed by atoms with van der Waals surface area (Å²) in [6, 6.07) is 17.4. The lowest BCUT2D eigenvalue weighted by atomic mass is 10.2. The first-order valence-corrected chi connectivity index (χ1v) is 8.28. The predicted molar refractivity (Wildman–Crippen MR) is 95.5 cm³/mol. The second-order valence-electron chi connectivity index (χ2n) is 6.01. The van der Waals surface area contributed by atoms with Gasteiger partial charge in [-0.05, 0) is 43.3 Å². The van der Waals surface area contributed by atoms with Crippen LogP contribution >= 0.6 is 0 Å². The SMILES string of the molecule is C[C@@H]1CNCCN1CC(=O)Nc1ccc(Oc2ccccc2)cc1. The predicted octanol–water partition coefficient (Wildman–Crippen LogP) is 2.71. The van der Waals surface area contributed by atoms with Crippen LogP contribution in [0.2, 0.25) is 0 Å². The van der Waals surface area contributed by atoms with Crippen molar-refractivity contribution in [2.75, 3.05) is 31.5 Å². The van der Waals surface area contributed by atoms with Gasteiger partial charge in [0.2, 0.25) is 5.91 Å². The quantitative estimate of drug-likeness (QED) is 0.887. The Morgan fingerprint density at radius 2 is 1.88 bits per heavy atom. The Bertz CT molecular complexity index is 658. The molecule has 2 aromatic rings. The fraction of sp³-hybridized carbons (Fsp3) is 0.316. The van der Waals surface area contributed by atoms with E-state index in [1.165, 1.54) is 0 Å². The van der Waals surface area contributed by atoms with Crippen molar-refractivity contribution in [3.05, 3.63) is 54.6 Å². The summed E-state index contributed by atoms with van der Waals surface area (Å²) in [6.07, 6.45) is 0. The zero-order valence-electron chi connectivity index (χ0n) is 13.9. The molecule has 0 radical (unpaired) electrons. The maximum Gasteiger partial charge on any atom is 0.238 e. The number of amides is 1. The summed E-state index contributed by atoms with van der Waals surface area (Å²) in [5, 5.41) is 6.27. The first kappa shape index (κ1) is 16.5. The molecule has 24 heavy (non-hydrogen) atoms. The van der Waals surface area contributed by atoms with E-state index in [4.69, 9.17) is 4.74 Å². The smallest absolute Gasteiger partial charge is 0.238 e. The van der Waals surface area contributed by atoms with Crippen molar-refractivity contribution in [2.45, 2.75) is 13.0 Å². The number of carbonyl (C=O) groups is 1. The highest BCUT2D eigenvalue weighted by molar-refractivity contribution is 5.92. The van der Waals surface area contributed by atoms with Gasteiger partial charge < -0.3 is 15.4 Å². The van der Waals surface area contributed by atoms with Crippen molar-refractivity contribution in [2.24, 2.45) is 0 Å². The van der Waals surface area contributed by atoms with Gasteiger partial charge in [-0.2, -0.15) is 0 Å². The average molecular weight is 325 g/mol. The molecule has 0 spiro atoms. The summed E-state index contributed by atoms with van der Waals surface area (Å²) in [4.78, 5) is 14.4. The molecule has 3 rings (SSSR count). The van der Waals surface area contributed by atoms with Crippen LogP contribution in [0.5, 0.6) is 11.5 Å². The summed E-state index contributed by atoms with van der Waals surface area (Å²) < 4.78 is 5.75. The van der Waals surface area contributed by atoms with Gasteiger partial charge in [0.1, 0.15) is 11.5 Å². The van der Waals surface area contributed by atoms with E-state index in [1.54, 1.807) is 0 Å². The number of hydrogen-bond acceptors (Lipinski definition) is 4. The van der Waals surface area contributed by atoms with Crippen LogP contribution in [-0.4, -0.2) is 43.0 Å². The number of benzene rings is 2. The summed E-state index contributed by atoms with van der Waals surface area (Å²) in [5.41, 5.74) is 0.781. The van der Waals surface area contributed by atoms with Gasteiger partial charge in [0.05, 0.1) is 6.54 Å². The molecule has 1 saturated heterocycles. The van der Waals surface area contributed by atoms with E-state index in [9.17, 15) is 4.79 Å². The normalized spacial score (nSPS) is 18.1. The van der Waals surface area contributed by atoms with Crippen molar-refractivity contribution < 1.29 is 9.53 Å². The lowest BCUT2D eigenvalue weighted by molar-refractivity contribution is -0.118. The molecule has 0 aliphatic carbocycles. The zero-order valence-corrected chi connectivity index (χ0v) is 13.9. The molecule has 2 aromatic carbocycles. The van der Waals surface area contributed by atoms with E-state index >= 15 is 0 Å². The first-order chi connectivity index (χ1) is 11.7. The van der Waals surface area contributed by atoms with Crippen molar-refractivity contribution in [3.63, 3.8) is 0 Å². The van der Waals surface area contributed by atoms with Crippen molar-refractivity contribution in [1.29, 1.82) is 0 Å². The van der Waals surface area contributed by atoms with Crippen LogP contribution in [-0.2, 0) is 4.79 Å². The molecule has 1 aliphatic rings. The fourth-order valence-corrected chi connectivity index (χ4v) is 2.73. The van der Waals surface area contributed by atoms with Crippen LogP contribution in [0.25, 0.3) is 0 Å². The van der Waals surface area contributed by atoms with E-state index in [-0.39, 0.29) is 5.91 Å². The minimum Gasteiger partial charge on any atom is -0.457 e. The van der Waals surface area contributed by atoms with E-state index in [0.29, 0.717) is 12.6 Å². The molecule has 5 heteroatoms. The Labute approximate surface area is 142 Å². The van der Waals surface area contributed by atoms with Crippen LogP contribution in [0.1, 0.15) is 6.92 Å². The molecular formula is C19H23N3O2. The summed E-state index contributed by atoms with van der Waals surface area (Å²) in [7, 11) is 0. The summed E-state index contributed by atoms with van der Waals surface area (Å²) >= 11 is 0. The minimum absolute atomic E-state index is 0.0143. The summed E-state index contributed by atoms with van der Waals surface area (Å²) in [5.74, 6) is 1.55. The van der Waals surface area contributed by atoms with E-state index in [0.717, 1.165) is 36.8 Å². The minimum atomic E-state index is 0.0143. The van der Waals surface area contributed by atoms with Gasteiger partial charge in [-0.25, -0.2) is 0 Å². The standard InChI is InChI=1S/C19H23N3O2/c1-15-13-20-11-12-22(15)14-19(23)21-16-7-9-18(10-8-16)24-17-5-3-2-4-6-17/h2-10,15,20H,11-14H2,1H3,(H,21,23)/t15-/m1/s1. The number of carbonyl (C=O) groups excluding carboxylic acids is 1. The average Bonchev–Trinajstić information content (AvgIpc) is 2.60. The number of piperazine rings is 1.